The minimum Gasteiger partial charge on any atom is -0.457 e. The molecule has 0 bridgehead atoms. The highest BCUT2D eigenvalue weighted by molar-refractivity contribution is 7.86. The molecule has 4 aromatic rings. The molecule has 6 nitrogen and oxygen atoms in total. The van der Waals surface area contributed by atoms with Crippen LogP contribution in [0.25, 0.3) is 0 Å². The average molecular weight is 475 g/mol. The van der Waals surface area contributed by atoms with E-state index < -0.39 is 10.1 Å². The molecule has 0 aliphatic rings. The summed E-state index contributed by atoms with van der Waals surface area (Å²) in [6.45, 7) is 3.71. The van der Waals surface area contributed by atoms with E-state index >= 15 is 0 Å². The van der Waals surface area contributed by atoms with E-state index in [2.05, 4.69) is 0 Å². The summed E-state index contributed by atoms with van der Waals surface area (Å²) in [5.41, 5.74) is 2.74. The molecule has 0 aromatic heterocycles. The molecule has 172 valence electrons. The van der Waals surface area contributed by atoms with Gasteiger partial charge in [-0.2, -0.15) is 8.42 Å². The Kier molecular flexibility index (Phi) is 6.49. The van der Waals surface area contributed by atoms with E-state index in [-0.39, 0.29) is 16.4 Å². The Hall–Kier alpha value is -3.94. The summed E-state index contributed by atoms with van der Waals surface area (Å²) in [6.07, 6.45) is 0. The Balaban J connectivity index is 1.47. The fourth-order valence-corrected chi connectivity index (χ4v) is 3.98. The van der Waals surface area contributed by atoms with Crippen LogP contribution in [0.1, 0.15) is 27.0 Å². The van der Waals surface area contributed by atoms with Gasteiger partial charge in [-0.05, 0) is 92.2 Å². The fraction of sp³-hybridized carbons (Fsp3) is 0.0741. The lowest BCUT2D eigenvalue weighted by molar-refractivity contribution is 0.103. The molecule has 0 radical (unpaired) electrons. The number of ether oxygens (including phenoxy) is 2. The van der Waals surface area contributed by atoms with Crippen molar-refractivity contribution >= 4 is 15.9 Å². The standard InChI is InChI=1S/C27H22O6S/c1-18-3-10-22(11-4-18)32-23-12-6-20(7-13-23)27(28)21-8-14-24(15-9-21)33-25-16-5-19(2)17-26(25)34(29,30)31/h3-17H,1-2H3,(H,29,30,31). The summed E-state index contributed by atoms with van der Waals surface area (Å²) >= 11 is 0. The van der Waals surface area contributed by atoms with Crippen LogP contribution in [-0.2, 0) is 10.1 Å². The van der Waals surface area contributed by atoms with Gasteiger partial charge in [0.05, 0.1) is 0 Å². The van der Waals surface area contributed by atoms with E-state index in [0.717, 1.165) is 5.56 Å². The molecule has 0 aliphatic heterocycles. The summed E-state index contributed by atoms with van der Waals surface area (Å²) in [5.74, 6) is 1.48. The first-order valence-electron chi connectivity index (χ1n) is 10.4. The van der Waals surface area contributed by atoms with Crippen molar-refractivity contribution < 1.29 is 27.2 Å². The van der Waals surface area contributed by atoms with E-state index in [4.69, 9.17) is 9.47 Å². The lowest BCUT2D eigenvalue weighted by atomic mass is 10.0. The quantitative estimate of drug-likeness (QED) is 0.247. The highest BCUT2D eigenvalue weighted by Gasteiger charge is 2.18. The summed E-state index contributed by atoms with van der Waals surface area (Å²) in [6, 6.07) is 25.3. The maximum absolute atomic E-state index is 12.9. The second kappa shape index (κ2) is 9.51. The molecule has 4 aromatic carbocycles. The molecule has 0 fully saturated rings. The first-order chi connectivity index (χ1) is 16.2. The van der Waals surface area contributed by atoms with Crippen LogP contribution in [0.2, 0.25) is 0 Å². The van der Waals surface area contributed by atoms with Crippen molar-refractivity contribution in [3.8, 4) is 23.0 Å². The molecule has 0 atom stereocenters. The minimum atomic E-state index is -4.45. The molecule has 4 rings (SSSR count). The van der Waals surface area contributed by atoms with Crippen LogP contribution in [-0.4, -0.2) is 18.8 Å². The van der Waals surface area contributed by atoms with Crippen LogP contribution in [0.3, 0.4) is 0 Å². The third-order valence-electron chi connectivity index (χ3n) is 5.09. The Morgan fingerprint density at radius 1 is 0.647 bits per heavy atom. The molecule has 0 heterocycles. The molecule has 0 aliphatic carbocycles. The molecule has 34 heavy (non-hydrogen) atoms. The van der Waals surface area contributed by atoms with Gasteiger partial charge < -0.3 is 9.47 Å². The largest absolute Gasteiger partial charge is 0.457 e. The summed E-state index contributed by atoms with van der Waals surface area (Å²) in [4.78, 5) is 12.5. The lowest BCUT2D eigenvalue weighted by Crippen LogP contribution is -2.02. The molecule has 0 saturated carbocycles. The van der Waals surface area contributed by atoms with E-state index in [1.807, 2.05) is 31.2 Å². The first-order valence-corrected chi connectivity index (χ1v) is 11.9. The van der Waals surface area contributed by atoms with Gasteiger partial charge >= 0.3 is 0 Å². The molecule has 1 N–H and O–H groups in total. The van der Waals surface area contributed by atoms with Crippen LogP contribution in [0.4, 0.5) is 0 Å². The molecule has 0 amide bonds. The maximum atomic E-state index is 12.9. The van der Waals surface area contributed by atoms with Gasteiger partial charge in [0.1, 0.15) is 27.9 Å². The monoisotopic (exact) mass is 474 g/mol. The van der Waals surface area contributed by atoms with Gasteiger partial charge in [-0.15, -0.1) is 0 Å². The Morgan fingerprint density at radius 2 is 1.09 bits per heavy atom. The second-order valence-corrected chi connectivity index (χ2v) is 9.21. The summed E-state index contributed by atoms with van der Waals surface area (Å²) in [5, 5.41) is 0. The second-order valence-electron chi connectivity index (χ2n) is 7.82. The van der Waals surface area contributed by atoms with Gasteiger partial charge in [-0.25, -0.2) is 0 Å². The van der Waals surface area contributed by atoms with Gasteiger partial charge in [0.15, 0.2) is 5.78 Å². The van der Waals surface area contributed by atoms with Gasteiger partial charge in [0.25, 0.3) is 10.1 Å². The molecular formula is C27H22O6S. The van der Waals surface area contributed by atoms with Crippen molar-refractivity contribution in [2.75, 3.05) is 0 Å². The number of carbonyl (C=O) groups excluding carboxylic acids is 1. The smallest absolute Gasteiger partial charge is 0.298 e. The third-order valence-corrected chi connectivity index (χ3v) is 5.97. The van der Waals surface area contributed by atoms with Crippen molar-refractivity contribution in [3.63, 3.8) is 0 Å². The van der Waals surface area contributed by atoms with Crippen LogP contribution in [0.5, 0.6) is 23.0 Å². The Morgan fingerprint density at radius 3 is 1.59 bits per heavy atom. The third kappa shape index (κ3) is 5.51. The minimum absolute atomic E-state index is 0.00339. The van der Waals surface area contributed by atoms with Crippen molar-refractivity contribution in [1.82, 2.24) is 0 Å². The van der Waals surface area contributed by atoms with Crippen molar-refractivity contribution in [2.45, 2.75) is 18.7 Å². The van der Waals surface area contributed by atoms with E-state index in [9.17, 15) is 17.8 Å². The van der Waals surface area contributed by atoms with Crippen molar-refractivity contribution in [2.24, 2.45) is 0 Å². The van der Waals surface area contributed by atoms with E-state index in [1.165, 1.54) is 12.1 Å². The number of rotatable bonds is 7. The number of hydrogen-bond acceptors (Lipinski definition) is 5. The molecular weight excluding hydrogens is 452 g/mol. The molecule has 0 unspecified atom stereocenters. The zero-order valence-corrected chi connectivity index (χ0v) is 19.4. The average Bonchev–Trinajstić information content (AvgIpc) is 2.82. The Labute approximate surface area is 198 Å². The van der Waals surface area contributed by atoms with Crippen LogP contribution >= 0.6 is 0 Å². The van der Waals surface area contributed by atoms with Gasteiger partial charge in [0, 0.05) is 11.1 Å². The van der Waals surface area contributed by atoms with E-state index in [0.29, 0.717) is 33.9 Å². The fourth-order valence-electron chi connectivity index (χ4n) is 3.29. The van der Waals surface area contributed by atoms with Crippen molar-refractivity contribution in [3.05, 3.63) is 113 Å². The zero-order chi connectivity index (χ0) is 24.3. The zero-order valence-electron chi connectivity index (χ0n) is 18.6. The van der Waals surface area contributed by atoms with Gasteiger partial charge in [0.2, 0.25) is 0 Å². The molecule has 0 saturated heterocycles. The number of aryl methyl sites for hydroxylation is 2. The van der Waals surface area contributed by atoms with Gasteiger partial charge in [-0.1, -0.05) is 23.8 Å². The van der Waals surface area contributed by atoms with Crippen LogP contribution < -0.4 is 9.47 Å². The highest BCUT2D eigenvalue weighted by Crippen LogP contribution is 2.30. The molecule has 0 spiro atoms. The maximum Gasteiger partial charge on any atom is 0.298 e. The number of benzene rings is 4. The van der Waals surface area contributed by atoms with Gasteiger partial charge in [-0.3, -0.25) is 9.35 Å². The number of carbonyl (C=O) groups is 1. The summed E-state index contributed by atoms with van der Waals surface area (Å²) in [7, 11) is -4.45. The van der Waals surface area contributed by atoms with Crippen LogP contribution in [0.15, 0.2) is 95.9 Å². The topological polar surface area (TPSA) is 89.9 Å². The number of ketones is 1. The first kappa shape index (κ1) is 23.2. The van der Waals surface area contributed by atoms with Crippen LogP contribution in [0, 0.1) is 13.8 Å². The van der Waals surface area contributed by atoms with Crippen molar-refractivity contribution in [1.29, 1.82) is 0 Å². The molecule has 7 heteroatoms. The SMILES string of the molecule is Cc1ccc(Oc2ccc(C(=O)c3ccc(Oc4ccc(C)cc4S(=O)(=O)O)cc3)cc2)cc1. The normalized spacial score (nSPS) is 11.1. The predicted octanol–water partition coefficient (Wildman–Crippen LogP) is 6.37. The number of hydrogen-bond donors (Lipinski definition) is 1. The summed E-state index contributed by atoms with van der Waals surface area (Å²) < 4.78 is 44.2. The lowest BCUT2D eigenvalue weighted by Gasteiger charge is -2.11. The highest BCUT2D eigenvalue weighted by atomic mass is 32.2. The van der Waals surface area contributed by atoms with E-state index in [1.54, 1.807) is 61.5 Å². The Bertz CT molecular complexity index is 1420. The predicted molar refractivity (Wildman–Crippen MR) is 129 cm³/mol.